The summed E-state index contributed by atoms with van der Waals surface area (Å²) in [7, 11) is 0. The maximum absolute atomic E-state index is 6.31. The fourth-order valence-electron chi connectivity index (χ4n) is 4.33. The number of rotatable bonds is 2. The van der Waals surface area contributed by atoms with Crippen LogP contribution in [0.1, 0.15) is 68.4 Å². The Labute approximate surface area is 127 Å². The van der Waals surface area contributed by atoms with E-state index in [2.05, 4.69) is 23.3 Å². The van der Waals surface area contributed by atoms with E-state index >= 15 is 0 Å². The average molecular weight is 292 g/mol. The molecule has 20 heavy (non-hydrogen) atoms. The Bertz CT molecular complexity index is 432. The highest BCUT2D eigenvalue weighted by Crippen LogP contribution is 2.41. The van der Waals surface area contributed by atoms with Gasteiger partial charge in [-0.1, -0.05) is 32.1 Å². The number of hydrogen-bond acceptors (Lipinski definition) is 3. The van der Waals surface area contributed by atoms with Crippen LogP contribution < -0.4 is 5.73 Å². The molecule has 0 bridgehead atoms. The smallest absolute Gasteiger partial charge is 0.0337 e. The van der Waals surface area contributed by atoms with Crippen molar-refractivity contribution in [2.75, 3.05) is 13.1 Å². The Morgan fingerprint density at radius 3 is 2.65 bits per heavy atom. The average Bonchev–Trinajstić information content (AvgIpc) is 2.90. The highest BCUT2D eigenvalue weighted by Gasteiger charge is 2.40. The summed E-state index contributed by atoms with van der Waals surface area (Å²) in [6.45, 7) is 4.42. The lowest BCUT2D eigenvalue weighted by molar-refractivity contribution is 0.0264. The molecular formula is C17H28N2S. The molecule has 0 saturated heterocycles. The summed E-state index contributed by atoms with van der Waals surface area (Å²) in [5.41, 5.74) is 8.14. The van der Waals surface area contributed by atoms with E-state index in [1.165, 1.54) is 57.9 Å². The van der Waals surface area contributed by atoms with E-state index in [-0.39, 0.29) is 5.54 Å². The molecule has 0 radical (unpaired) electrons. The highest BCUT2D eigenvalue weighted by atomic mass is 32.1. The van der Waals surface area contributed by atoms with Gasteiger partial charge in [-0.25, -0.2) is 0 Å². The van der Waals surface area contributed by atoms with E-state index in [1.54, 1.807) is 10.4 Å². The first kappa shape index (κ1) is 14.6. The van der Waals surface area contributed by atoms with Gasteiger partial charge in [0.15, 0.2) is 0 Å². The molecule has 2 aliphatic rings. The molecule has 112 valence electrons. The molecule has 2 heterocycles. The molecule has 1 unspecified atom stereocenters. The summed E-state index contributed by atoms with van der Waals surface area (Å²) in [4.78, 5) is 4.36. The third kappa shape index (κ3) is 2.56. The first-order valence-electron chi connectivity index (χ1n) is 8.30. The van der Waals surface area contributed by atoms with Gasteiger partial charge in [-0.2, -0.15) is 0 Å². The summed E-state index contributed by atoms with van der Waals surface area (Å²) >= 11 is 1.93. The third-order valence-corrected chi connectivity index (χ3v) is 6.55. The summed E-state index contributed by atoms with van der Waals surface area (Å²) in [5.74, 6) is 0. The van der Waals surface area contributed by atoms with Crippen molar-refractivity contribution < 1.29 is 0 Å². The van der Waals surface area contributed by atoms with E-state index in [0.717, 1.165) is 6.54 Å². The van der Waals surface area contributed by atoms with Gasteiger partial charge in [0.05, 0.1) is 0 Å². The minimum Gasteiger partial charge on any atom is -0.329 e. The van der Waals surface area contributed by atoms with Gasteiger partial charge in [-0.15, -0.1) is 11.3 Å². The third-order valence-electron chi connectivity index (χ3n) is 5.55. The van der Waals surface area contributed by atoms with Crippen LogP contribution in [0.15, 0.2) is 11.4 Å². The van der Waals surface area contributed by atoms with Crippen LogP contribution in [0.2, 0.25) is 0 Å². The summed E-state index contributed by atoms with van der Waals surface area (Å²) < 4.78 is 0. The predicted octanol–water partition coefficient (Wildman–Crippen LogP) is 4.11. The van der Waals surface area contributed by atoms with E-state index in [1.807, 2.05) is 11.3 Å². The number of thiophene rings is 1. The molecule has 0 spiro atoms. The maximum Gasteiger partial charge on any atom is 0.0337 e. The van der Waals surface area contributed by atoms with Gasteiger partial charge < -0.3 is 5.73 Å². The molecule has 0 aromatic carbocycles. The quantitative estimate of drug-likeness (QED) is 0.889. The molecule has 3 heteroatoms. The Hall–Kier alpha value is -0.380. The lowest BCUT2D eigenvalue weighted by atomic mass is 9.80. The minimum atomic E-state index is 0.263. The van der Waals surface area contributed by atoms with Crippen molar-refractivity contribution in [1.82, 2.24) is 4.90 Å². The van der Waals surface area contributed by atoms with Crippen molar-refractivity contribution in [3.8, 4) is 0 Å². The number of hydrogen-bond donors (Lipinski definition) is 1. The van der Waals surface area contributed by atoms with Gasteiger partial charge in [0, 0.05) is 29.5 Å². The number of fused-ring (bicyclic) bond motifs is 1. The number of nitrogens with zero attached hydrogens (tertiary/aromatic N) is 1. The molecule has 1 aromatic rings. The molecule has 3 rings (SSSR count). The Morgan fingerprint density at radius 1 is 1.25 bits per heavy atom. The largest absolute Gasteiger partial charge is 0.329 e. The van der Waals surface area contributed by atoms with Crippen LogP contribution in [-0.2, 0) is 6.42 Å². The van der Waals surface area contributed by atoms with Crippen molar-refractivity contribution in [1.29, 1.82) is 0 Å². The van der Waals surface area contributed by atoms with E-state index < -0.39 is 0 Å². The van der Waals surface area contributed by atoms with Gasteiger partial charge in [0.2, 0.25) is 0 Å². The molecular weight excluding hydrogens is 264 g/mol. The minimum absolute atomic E-state index is 0.263. The first-order valence-corrected chi connectivity index (χ1v) is 9.18. The molecule has 1 aromatic heterocycles. The van der Waals surface area contributed by atoms with Crippen LogP contribution >= 0.6 is 11.3 Å². The van der Waals surface area contributed by atoms with Crippen molar-refractivity contribution in [2.24, 2.45) is 5.73 Å². The second kappa shape index (κ2) is 6.17. The molecule has 2 N–H and O–H groups in total. The summed E-state index contributed by atoms with van der Waals surface area (Å²) in [6.07, 6.45) is 10.7. The van der Waals surface area contributed by atoms with Crippen LogP contribution in [0.5, 0.6) is 0 Å². The van der Waals surface area contributed by atoms with Crippen LogP contribution in [0.4, 0.5) is 0 Å². The molecule has 1 aliphatic carbocycles. The van der Waals surface area contributed by atoms with Crippen molar-refractivity contribution in [2.45, 2.75) is 69.9 Å². The SMILES string of the molecule is CC1c2ccsc2CCN1C1(CN)CCCCCCC1. The van der Waals surface area contributed by atoms with Gasteiger partial charge in [-0.3, -0.25) is 4.90 Å². The van der Waals surface area contributed by atoms with Crippen LogP contribution in [0.25, 0.3) is 0 Å². The summed E-state index contributed by atoms with van der Waals surface area (Å²) in [5, 5.41) is 2.26. The van der Waals surface area contributed by atoms with E-state index in [9.17, 15) is 0 Å². The lowest BCUT2D eigenvalue weighted by Crippen LogP contribution is -2.56. The molecule has 1 atom stereocenters. The Balaban J connectivity index is 1.85. The Morgan fingerprint density at radius 2 is 1.95 bits per heavy atom. The van der Waals surface area contributed by atoms with Crippen molar-refractivity contribution in [3.63, 3.8) is 0 Å². The molecule has 0 amide bonds. The first-order chi connectivity index (χ1) is 9.77. The fraction of sp³-hybridized carbons (Fsp3) is 0.765. The normalized spacial score (nSPS) is 27.6. The van der Waals surface area contributed by atoms with Gasteiger partial charge in [0.1, 0.15) is 0 Å². The van der Waals surface area contributed by atoms with Gasteiger partial charge in [0.25, 0.3) is 0 Å². The van der Waals surface area contributed by atoms with E-state index in [4.69, 9.17) is 5.73 Å². The zero-order valence-electron chi connectivity index (χ0n) is 12.7. The maximum atomic E-state index is 6.31. The zero-order chi connectivity index (χ0) is 14.0. The second-order valence-electron chi connectivity index (χ2n) is 6.61. The van der Waals surface area contributed by atoms with Crippen LogP contribution in [0, 0.1) is 0 Å². The summed E-state index contributed by atoms with van der Waals surface area (Å²) in [6, 6.07) is 2.89. The molecule has 1 saturated carbocycles. The van der Waals surface area contributed by atoms with Crippen LogP contribution in [0.3, 0.4) is 0 Å². The zero-order valence-corrected chi connectivity index (χ0v) is 13.6. The van der Waals surface area contributed by atoms with Crippen molar-refractivity contribution in [3.05, 3.63) is 21.9 Å². The van der Waals surface area contributed by atoms with Crippen molar-refractivity contribution >= 4 is 11.3 Å². The topological polar surface area (TPSA) is 29.3 Å². The Kier molecular flexibility index (Phi) is 4.49. The highest BCUT2D eigenvalue weighted by molar-refractivity contribution is 7.10. The van der Waals surface area contributed by atoms with Gasteiger partial charge >= 0.3 is 0 Å². The fourth-order valence-corrected chi connectivity index (χ4v) is 5.29. The van der Waals surface area contributed by atoms with E-state index in [0.29, 0.717) is 6.04 Å². The number of nitrogens with two attached hydrogens (primary N) is 1. The van der Waals surface area contributed by atoms with Crippen LogP contribution in [-0.4, -0.2) is 23.5 Å². The van der Waals surface area contributed by atoms with Gasteiger partial charge in [-0.05, 0) is 43.2 Å². The molecule has 1 fully saturated rings. The molecule has 2 nitrogen and oxygen atoms in total. The predicted molar refractivity (Wildman–Crippen MR) is 87.2 cm³/mol. The molecule has 1 aliphatic heterocycles. The lowest BCUT2D eigenvalue weighted by Gasteiger charge is -2.49. The second-order valence-corrected chi connectivity index (χ2v) is 7.62. The standard InChI is InChI=1S/C17H28N2S/c1-14-15-8-12-20-16(15)7-11-19(14)17(13-18)9-5-3-2-4-6-10-17/h8,12,14H,2-7,9-11,13,18H2,1H3. The monoisotopic (exact) mass is 292 g/mol.